The van der Waals surface area contributed by atoms with Crippen LogP contribution in [0.3, 0.4) is 0 Å². The first-order valence-corrected chi connectivity index (χ1v) is 12.8. The minimum atomic E-state index is -0.226. The number of hydrogen-bond acceptors (Lipinski definition) is 5. The van der Waals surface area contributed by atoms with Gasteiger partial charge in [0.1, 0.15) is 5.82 Å². The number of likely N-dealkylation sites (tertiary alicyclic amines) is 1. The summed E-state index contributed by atoms with van der Waals surface area (Å²) in [5.74, 6) is -0.587. The third-order valence-corrected chi connectivity index (χ3v) is 7.39. The van der Waals surface area contributed by atoms with Gasteiger partial charge in [-0.3, -0.25) is 14.5 Å². The summed E-state index contributed by atoms with van der Waals surface area (Å²) in [5, 5.41) is 0.438. The fourth-order valence-corrected chi connectivity index (χ4v) is 5.11. The number of rotatable bonds is 7. The Morgan fingerprint density at radius 3 is 2.47 bits per heavy atom. The summed E-state index contributed by atoms with van der Waals surface area (Å²) in [4.78, 5) is 34.9. The Bertz CT molecular complexity index is 1120. The van der Waals surface area contributed by atoms with Crippen LogP contribution < -0.4 is 0 Å². The molecule has 2 fully saturated rings. The van der Waals surface area contributed by atoms with Gasteiger partial charge >= 0.3 is 0 Å². The lowest BCUT2D eigenvalue weighted by Crippen LogP contribution is -2.49. The molecule has 2 aliphatic rings. The molecule has 0 bridgehead atoms. The van der Waals surface area contributed by atoms with Crippen molar-refractivity contribution in [2.24, 2.45) is 0 Å². The number of halogens is 2. The molecule has 1 amide bonds. The molecular formula is C28H34ClFN4O2. The summed E-state index contributed by atoms with van der Waals surface area (Å²) < 4.78 is 13.2. The summed E-state index contributed by atoms with van der Waals surface area (Å²) in [6, 6.07) is 12.0. The molecule has 0 N–H and O–H groups in total. The second kappa shape index (κ2) is 11.5. The van der Waals surface area contributed by atoms with Crippen molar-refractivity contribution in [2.75, 3.05) is 46.8 Å². The Hall–Kier alpha value is -2.74. The van der Waals surface area contributed by atoms with Crippen LogP contribution in [0.5, 0.6) is 0 Å². The van der Waals surface area contributed by atoms with Crippen LogP contribution in [-0.4, -0.2) is 90.2 Å². The topological polar surface area (TPSA) is 47.1 Å². The number of piperazine rings is 1. The van der Waals surface area contributed by atoms with Gasteiger partial charge in [-0.1, -0.05) is 23.7 Å². The maximum Gasteiger partial charge on any atom is 0.254 e. The van der Waals surface area contributed by atoms with Gasteiger partial charge in [0.05, 0.1) is 5.56 Å². The number of benzene rings is 2. The minimum Gasteiger partial charge on any atom is -0.372 e. The number of ketones is 1. The molecule has 2 aromatic carbocycles. The van der Waals surface area contributed by atoms with E-state index in [2.05, 4.69) is 21.6 Å². The lowest BCUT2D eigenvalue weighted by Gasteiger charge is -2.39. The van der Waals surface area contributed by atoms with Crippen LogP contribution in [0.25, 0.3) is 0 Å². The second-order valence-electron chi connectivity index (χ2n) is 9.98. The van der Waals surface area contributed by atoms with Crippen molar-refractivity contribution in [1.29, 1.82) is 0 Å². The van der Waals surface area contributed by atoms with E-state index in [1.165, 1.54) is 12.1 Å². The molecule has 2 heterocycles. The lowest BCUT2D eigenvalue weighted by molar-refractivity contribution is 0.0778. The Morgan fingerprint density at radius 1 is 1.06 bits per heavy atom. The number of nitrogens with zero attached hydrogens (tertiary/aromatic N) is 4. The molecule has 8 heteroatoms. The molecule has 0 unspecified atom stereocenters. The van der Waals surface area contributed by atoms with Gasteiger partial charge in [-0.25, -0.2) is 4.39 Å². The van der Waals surface area contributed by atoms with E-state index in [0.29, 0.717) is 35.3 Å². The van der Waals surface area contributed by atoms with E-state index in [0.717, 1.165) is 38.2 Å². The predicted molar refractivity (Wildman–Crippen MR) is 141 cm³/mol. The number of amides is 1. The molecule has 36 heavy (non-hydrogen) atoms. The quantitative estimate of drug-likeness (QED) is 0.412. The Labute approximate surface area is 217 Å². The first-order valence-electron chi connectivity index (χ1n) is 12.4. The molecule has 2 saturated heterocycles. The summed E-state index contributed by atoms with van der Waals surface area (Å²) in [6.45, 7) is 6.65. The summed E-state index contributed by atoms with van der Waals surface area (Å²) in [6.07, 6.45) is 4.30. The van der Waals surface area contributed by atoms with Gasteiger partial charge in [-0.05, 0) is 63.3 Å². The van der Waals surface area contributed by atoms with Gasteiger partial charge in [-0.15, -0.1) is 0 Å². The first-order chi connectivity index (χ1) is 17.2. The lowest BCUT2D eigenvalue weighted by atomic mass is 10.0. The number of carbonyl (C=O) groups excluding carboxylic acids is 2. The zero-order chi connectivity index (χ0) is 25.8. The van der Waals surface area contributed by atoms with Crippen molar-refractivity contribution in [3.8, 4) is 0 Å². The van der Waals surface area contributed by atoms with Gasteiger partial charge < -0.3 is 14.7 Å². The van der Waals surface area contributed by atoms with Crippen LogP contribution in [0, 0.1) is 5.82 Å². The Balaban J connectivity index is 1.40. The monoisotopic (exact) mass is 512 g/mol. The maximum absolute atomic E-state index is 13.3. The molecule has 0 radical (unpaired) electrons. The number of allylic oxidation sites excluding steroid dienone is 1. The zero-order valence-corrected chi connectivity index (χ0v) is 21.9. The van der Waals surface area contributed by atoms with Crippen LogP contribution in [0.2, 0.25) is 5.02 Å². The van der Waals surface area contributed by atoms with E-state index >= 15 is 0 Å². The summed E-state index contributed by atoms with van der Waals surface area (Å²) in [7, 11) is 4.03. The Morgan fingerprint density at radius 2 is 1.81 bits per heavy atom. The SMILES string of the molecule is C[C@@H]1CN(Cc2ccc(F)cc2)CCN1/C=C/C(=O)c1ccc(Cl)cc1C(=O)N1CC[C@@H](N(C)C)C1. The summed E-state index contributed by atoms with van der Waals surface area (Å²) in [5.41, 5.74) is 1.81. The second-order valence-corrected chi connectivity index (χ2v) is 10.4. The average molecular weight is 513 g/mol. The van der Waals surface area contributed by atoms with E-state index in [-0.39, 0.29) is 23.5 Å². The molecule has 6 nitrogen and oxygen atoms in total. The minimum absolute atomic E-state index is 0.152. The predicted octanol–water partition coefficient (Wildman–Crippen LogP) is 4.16. The van der Waals surface area contributed by atoms with Crippen LogP contribution in [0.15, 0.2) is 54.7 Å². The van der Waals surface area contributed by atoms with Crippen molar-refractivity contribution < 1.29 is 14.0 Å². The van der Waals surface area contributed by atoms with Gasteiger partial charge in [0.25, 0.3) is 5.91 Å². The van der Waals surface area contributed by atoms with E-state index in [9.17, 15) is 14.0 Å². The molecule has 2 atom stereocenters. The molecule has 0 aliphatic carbocycles. The third kappa shape index (κ3) is 6.33. The number of hydrogen-bond donors (Lipinski definition) is 0. The van der Waals surface area contributed by atoms with Crippen molar-refractivity contribution in [3.05, 3.63) is 82.3 Å². The van der Waals surface area contributed by atoms with Gasteiger partial charge in [-0.2, -0.15) is 0 Å². The highest BCUT2D eigenvalue weighted by molar-refractivity contribution is 6.31. The Kier molecular flexibility index (Phi) is 8.44. The van der Waals surface area contributed by atoms with Crippen LogP contribution in [0.4, 0.5) is 4.39 Å². The van der Waals surface area contributed by atoms with Crippen LogP contribution in [0.1, 0.15) is 39.6 Å². The van der Waals surface area contributed by atoms with Crippen molar-refractivity contribution in [3.63, 3.8) is 0 Å². The standard InChI is InChI=1S/C28H34ClFN4O2/c1-20-17-32(18-21-4-7-23(30)8-5-21)14-15-33(20)13-11-27(35)25-9-6-22(29)16-26(25)28(36)34-12-10-24(19-34)31(2)3/h4-9,11,13,16,20,24H,10,12,14-15,17-19H2,1-3H3/b13-11+/t20-,24-/m1/s1. The zero-order valence-electron chi connectivity index (χ0n) is 21.2. The highest BCUT2D eigenvalue weighted by atomic mass is 35.5. The van der Waals surface area contributed by atoms with E-state index in [1.807, 2.05) is 32.4 Å². The number of likely N-dealkylation sites (N-methyl/N-ethyl adjacent to an activating group) is 1. The van der Waals surface area contributed by atoms with Crippen LogP contribution >= 0.6 is 11.6 Å². The number of carbonyl (C=O) groups is 2. The fraction of sp³-hybridized carbons (Fsp3) is 0.429. The molecule has 0 spiro atoms. The highest BCUT2D eigenvalue weighted by Gasteiger charge is 2.30. The molecule has 2 aliphatic heterocycles. The largest absolute Gasteiger partial charge is 0.372 e. The van der Waals surface area contributed by atoms with Crippen molar-refractivity contribution in [2.45, 2.75) is 32.0 Å². The van der Waals surface area contributed by atoms with E-state index in [4.69, 9.17) is 11.6 Å². The van der Waals surface area contributed by atoms with Gasteiger partial charge in [0.2, 0.25) is 0 Å². The summed E-state index contributed by atoms with van der Waals surface area (Å²) >= 11 is 6.21. The fourth-order valence-electron chi connectivity index (χ4n) is 4.94. The van der Waals surface area contributed by atoms with E-state index in [1.54, 1.807) is 29.2 Å². The molecule has 0 aromatic heterocycles. The van der Waals surface area contributed by atoms with Crippen LogP contribution in [-0.2, 0) is 6.54 Å². The molecule has 192 valence electrons. The van der Waals surface area contributed by atoms with Crippen molar-refractivity contribution >= 4 is 23.3 Å². The third-order valence-electron chi connectivity index (χ3n) is 7.16. The smallest absolute Gasteiger partial charge is 0.254 e. The molecule has 0 saturated carbocycles. The van der Waals surface area contributed by atoms with Crippen molar-refractivity contribution in [1.82, 2.24) is 19.6 Å². The van der Waals surface area contributed by atoms with Gasteiger partial charge in [0, 0.05) is 74.2 Å². The molecular weight excluding hydrogens is 479 g/mol. The average Bonchev–Trinajstić information content (AvgIpc) is 3.35. The molecule has 2 aromatic rings. The van der Waals surface area contributed by atoms with Gasteiger partial charge in [0.15, 0.2) is 5.78 Å². The van der Waals surface area contributed by atoms with E-state index < -0.39 is 0 Å². The molecule has 4 rings (SSSR count). The maximum atomic E-state index is 13.3. The first kappa shape index (κ1) is 26.3. The highest BCUT2D eigenvalue weighted by Crippen LogP contribution is 2.23. The normalized spacial score (nSPS) is 21.1.